The minimum absolute atomic E-state index is 0.0403. The van der Waals surface area contributed by atoms with E-state index in [-0.39, 0.29) is 18.3 Å². The molecular weight excluding hydrogens is 425 g/mol. The van der Waals surface area contributed by atoms with Crippen molar-refractivity contribution in [3.8, 4) is 5.75 Å². The molecule has 2 aliphatic rings. The third kappa shape index (κ3) is 6.88. The fraction of sp³-hybridized carbons (Fsp3) is 0.520. The largest absolute Gasteiger partial charge is 0.494 e. The number of likely N-dealkylation sites (tertiary alicyclic amines) is 1. The normalized spacial score (nSPS) is 18.5. The minimum Gasteiger partial charge on any atom is -0.494 e. The van der Waals surface area contributed by atoms with E-state index < -0.39 is 17.8 Å². The van der Waals surface area contributed by atoms with Gasteiger partial charge in [-0.3, -0.25) is 9.69 Å². The number of ether oxygens (including phenoxy) is 2. The number of carboxylic acids is 1. The number of halogens is 1. The van der Waals surface area contributed by atoms with Crippen LogP contribution in [0.2, 0.25) is 0 Å². The molecule has 2 N–H and O–H groups in total. The fourth-order valence-electron chi connectivity index (χ4n) is 4.16. The Labute approximate surface area is 195 Å². The number of carbonyl (C=O) groups is 1. The average molecular weight is 460 g/mol. The highest BCUT2D eigenvalue weighted by Crippen LogP contribution is 2.32. The molecule has 8 heteroatoms. The van der Waals surface area contributed by atoms with Crippen LogP contribution in [0.25, 0.3) is 0 Å². The SMILES string of the molecule is C=C/C(CCCOC1CN([C@@H](CC(=O)O)c2ccc(OC)c(F)c2)C1)=N\C1=C(C)CCCN1. The highest BCUT2D eigenvalue weighted by atomic mass is 19.1. The number of rotatable bonds is 12. The second kappa shape index (κ2) is 12.0. The molecule has 0 amide bonds. The number of aliphatic carboxylic acids is 1. The molecule has 1 aromatic rings. The summed E-state index contributed by atoms with van der Waals surface area (Å²) in [5.74, 6) is -0.306. The number of benzene rings is 1. The van der Waals surface area contributed by atoms with Crippen LogP contribution in [0, 0.1) is 5.82 Å². The molecule has 2 heterocycles. The quantitative estimate of drug-likeness (QED) is 0.362. The van der Waals surface area contributed by atoms with Gasteiger partial charge in [0.25, 0.3) is 0 Å². The van der Waals surface area contributed by atoms with Crippen LogP contribution in [-0.4, -0.2) is 61.1 Å². The molecule has 0 radical (unpaired) electrons. The van der Waals surface area contributed by atoms with Crippen molar-refractivity contribution in [2.75, 3.05) is 33.4 Å². The maximum absolute atomic E-state index is 14.1. The first-order valence-corrected chi connectivity index (χ1v) is 11.5. The summed E-state index contributed by atoms with van der Waals surface area (Å²) in [5.41, 5.74) is 2.85. The van der Waals surface area contributed by atoms with E-state index in [1.165, 1.54) is 24.8 Å². The van der Waals surface area contributed by atoms with Crippen molar-refractivity contribution in [2.24, 2.45) is 4.99 Å². The molecule has 180 valence electrons. The highest BCUT2D eigenvalue weighted by Gasteiger charge is 2.35. The molecule has 0 unspecified atom stereocenters. The molecule has 0 saturated carbocycles. The first-order chi connectivity index (χ1) is 15.9. The standard InChI is InChI=1S/C25H34FN3O4/c1-4-19(28-25-17(2)7-5-11-27-25)8-6-12-33-20-15-29(16-20)22(14-24(30)31)18-9-10-23(32-3)21(26)13-18/h4,9-10,13,20,22,27H,1,5-8,11-12,14-16H2,2-3H3,(H,30,31)/b28-19+/t22-/m0/s1. The van der Waals surface area contributed by atoms with Crippen LogP contribution in [0.5, 0.6) is 5.75 Å². The van der Waals surface area contributed by atoms with E-state index in [0.29, 0.717) is 25.3 Å². The van der Waals surface area contributed by atoms with Gasteiger partial charge >= 0.3 is 5.97 Å². The van der Waals surface area contributed by atoms with Crippen molar-refractivity contribution < 1.29 is 23.8 Å². The van der Waals surface area contributed by atoms with Crippen molar-refractivity contribution in [1.82, 2.24) is 10.2 Å². The van der Waals surface area contributed by atoms with Gasteiger partial charge in [0.2, 0.25) is 0 Å². The lowest BCUT2D eigenvalue weighted by Gasteiger charge is -2.43. The first kappa shape index (κ1) is 24.9. The van der Waals surface area contributed by atoms with Crippen molar-refractivity contribution >= 4 is 11.7 Å². The maximum atomic E-state index is 14.1. The van der Waals surface area contributed by atoms with E-state index in [4.69, 9.17) is 14.5 Å². The van der Waals surface area contributed by atoms with Crippen LogP contribution >= 0.6 is 0 Å². The van der Waals surface area contributed by atoms with E-state index in [2.05, 4.69) is 18.8 Å². The van der Waals surface area contributed by atoms with Gasteiger partial charge in [-0.05, 0) is 62.0 Å². The second-order valence-corrected chi connectivity index (χ2v) is 8.52. The van der Waals surface area contributed by atoms with Crippen LogP contribution in [0.1, 0.15) is 50.6 Å². The lowest BCUT2D eigenvalue weighted by molar-refractivity contribution is -0.140. The summed E-state index contributed by atoms with van der Waals surface area (Å²) in [6.45, 7) is 8.76. The molecule has 2 aliphatic heterocycles. The van der Waals surface area contributed by atoms with E-state index in [1.807, 2.05) is 4.90 Å². The lowest BCUT2D eigenvalue weighted by Crippen LogP contribution is -2.53. The van der Waals surface area contributed by atoms with E-state index in [0.717, 1.165) is 43.8 Å². The summed E-state index contributed by atoms with van der Waals surface area (Å²) in [6.07, 6.45) is 5.57. The van der Waals surface area contributed by atoms with Gasteiger partial charge in [-0.25, -0.2) is 9.38 Å². The molecular formula is C25H34FN3O4. The van der Waals surface area contributed by atoms with Crippen LogP contribution in [0.15, 0.2) is 47.2 Å². The number of hydrogen-bond acceptors (Lipinski definition) is 6. The number of nitrogens with zero attached hydrogens (tertiary/aromatic N) is 2. The lowest BCUT2D eigenvalue weighted by atomic mass is 9.97. The average Bonchev–Trinajstić information content (AvgIpc) is 2.76. The molecule has 33 heavy (non-hydrogen) atoms. The summed E-state index contributed by atoms with van der Waals surface area (Å²) < 4.78 is 25.1. The van der Waals surface area contributed by atoms with Crippen LogP contribution in [-0.2, 0) is 9.53 Å². The minimum atomic E-state index is -0.922. The number of methoxy groups -OCH3 is 1. The Balaban J connectivity index is 1.47. The molecule has 0 spiro atoms. The van der Waals surface area contributed by atoms with Crippen molar-refractivity contribution in [2.45, 2.75) is 51.2 Å². The van der Waals surface area contributed by atoms with Crippen LogP contribution in [0.4, 0.5) is 4.39 Å². The van der Waals surface area contributed by atoms with Crippen molar-refractivity contribution in [3.05, 3.63) is 53.6 Å². The molecule has 0 aliphatic carbocycles. The third-order valence-corrected chi connectivity index (χ3v) is 6.09. The fourth-order valence-corrected chi connectivity index (χ4v) is 4.16. The predicted molar refractivity (Wildman–Crippen MR) is 126 cm³/mol. The van der Waals surface area contributed by atoms with E-state index in [9.17, 15) is 14.3 Å². The molecule has 0 bridgehead atoms. The smallest absolute Gasteiger partial charge is 0.305 e. The van der Waals surface area contributed by atoms with Crippen molar-refractivity contribution in [3.63, 3.8) is 0 Å². The summed E-state index contributed by atoms with van der Waals surface area (Å²) in [7, 11) is 1.40. The van der Waals surface area contributed by atoms with Gasteiger partial charge in [-0.15, -0.1) is 0 Å². The van der Waals surface area contributed by atoms with E-state index >= 15 is 0 Å². The zero-order valence-corrected chi connectivity index (χ0v) is 19.5. The topological polar surface area (TPSA) is 83.4 Å². The molecule has 7 nitrogen and oxygen atoms in total. The highest BCUT2D eigenvalue weighted by molar-refractivity contribution is 5.95. The Bertz CT molecular complexity index is 909. The molecule has 1 aromatic carbocycles. The number of nitrogens with one attached hydrogen (secondary N) is 1. The Morgan fingerprint density at radius 2 is 2.24 bits per heavy atom. The Kier molecular flexibility index (Phi) is 9.03. The second-order valence-electron chi connectivity index (χ2n) is 8.52. The van der Waals surface area contributed by atoms with Crippen molar-refractivity contribution in [1.29, 1.82) is 0 Å². The molecule has 1 atom stereocenters. The monoisotopic (exact) mass is 459 g/mol. The van der Waals surface area contributed by atoms with E-state index in [1.54, 1.807) is 12.1 Å². The summed E-state index contributed by atoms with van der Waals surface area (Å²) in [6, 6.07) is 4.21. The van der Waals surface area contributed by atoms with Crippen LogP contribution in [0.3, 0.4) is 0 Å². The molecule has 0 aromatic heterocycles. The third-order valence-electron chi connectivity index (χ3n) is 6.09. The zero-order valence-electron chi connectivity index (χ0n) is 19.5. The van der Waals surface area contributed by atoms with Gasteiger partial charge in [0.15, 0.2) is 11.6 Å². The van der Waals surface area contributed by atoms with Gasteiger partial charge in [0.1, 0.15) is 5.82 Å². The summed E-state index contributed by atoms with van der Waals surface area (Å²) in [5, 5.41) is 12.7. The number of allylic oxidation sites excluding steroid dienone is 2. The van der Waals surface area contributed by atoms with Gasteiger partial charge in [-0.2, -0.15) is 0 Å². The number of hydrogen-bond donors (Lipinski definition) is 2. The Hall–Kier alpha value is -2.71. The first-order valence-electron chi connectivity index (χ1n) is 11.5. The predicted octanol–water partition coefficient (Wildman–Crippen LogP) is 4.07. The van der Waals surface area contributed by atoms with Crippen LogP contribution < -0.4 is 10.1 Å². The Morgan fingerprint density at radius 1 is 1.45 bits per heavy atom. The number of carboxylic acid groups (broad SMARTS) is 1. The van der Waals surface area contributed by atoms with Gasteiger partial charge in [0.05, 0.1) is 19.6 Å². The summed E-state index contributed by atoms with van der Waals surface area (Å²) >= 11 is 0. The Morgan fingerprint density at radius 3 is 2.88 bits per heavy atom. The molecule has 3 rings (SSSR count). The van der Waals surface area contributed by atoms with Gasteiger partial charge in [0, 0.05) is 38.0 Å². The summed E-state index contributed by atoms with van der Waals surface area (Å²) in [4.78, 5) is 18.1. The maximum Gasteiger partial charge on any atom is 0.305 e. The molecule has 1 saturated heterocycles. The van der Waals surface area contributed by atoms with Gasteiger partial charge in [-0.1, -0.05) is 12.6 Å². The number of aliphatic imine (C=N–C) groups is 1. The zero-order chi connectivity index (χ0) is 23.8. The molecule has 1 fully saturated rings. The van der Waals surface area contributed by atoms with Gasteiger partial charge < -0.3 is 19.9 Å².